The number of nitrogens with one attached hydrogen (secondary N) is 1. The summed E-state index contributed by atoms with van der Waals surface area (Å²) < 4.78 is 0. The SMILES string of the molecule is CCCNC1CCCCC1CN1CC2CCC(O)C2C1. The Morgan fingerprint density at radius 1 is 1.10 bits per heavy atom. The van der Waals surface area contributed by atoms with Gasteiger partial charge in [-0.1, -0.05) is 19.8 Å². The van der Waals surface area contributed by atoms with Gasteiger partial charge < -0.3 is 15.3 Å². The van der Waals surface area contributed by atoms with Gasteiger partial charge in [-0.2, -0.15) is 0 Å². The van der Waals surface area contributed by atoms with E-state index in [1.54, 1.807) is 0 Å². The minimum absolute atomic E-state index is 0.00892. The fourth-order valence-electron chi connectivity index (χ4n) is 4.83. The van der Waals surface area contributed by atoms with Crippen LogP contribution in [-0.4, -0.2) is 48.3 Å². The van der Waals surface area contributed by atoms with Gasteiger partial charge in [0.05, 0.1) is 6.10 Å². The molecule has 1 saturated heterocycles. The maximum absolute atomic E-state index is 10.1. The third kappa shape index (κ3) is 3.20. The Morgan fingerprint density at radius 3 is 2.75 bits per heavy atom. The van der Waals surface area contributed by atoms with Gasteiger partial charge in [-0.25, -0.2) is 0 Å². The lowest BCUT2D eigenvalue weighted by molar-refractivity contribution is 0.117. The van der Waals surface area contributed by atoms with Crippen molar-refractivity contribution >= 4 is 0 Å². The van der Waals surface area contributed by atoms with Crippen LogP contribution in [-0.2, 0) is 0 Å². The summed E-state index contributed by atoms with van der Waals surface area (Å²) >= 11 is 0. The van der Waals surface area contributed by atoms with Crippen LogP contribution in [0.3, 0.4) is 0 Å². The van der Waals surface area contributed by atoms with Gasteiger partial charge >= 0.3 is 0 Å². The zero-order valence-corrected chi connectivity index (χ0v) is 13.1. The van der Waals surface area contributed by atoms with Crippen molar-refractivity contribution in [2.45, 2.75) is 64.0 Å². The summed E-state index contributed by atoms with van der Waals surface area (Å²) in [6, 6.07) is 0.745. The van der Waals surface area contributed by atoms with E-state index in [0.29, 0.717) is 5.92 Å². The van der Waals surface area contributed by atoms with Crippen molar-refractivity contribution in [2.75, 3.05) is 26.2 Å². The summed E-state index contributed by atoms with van der Waals surface area (Å²) in [6.07, 6.45) is 9.12. The Labute approximate surface area is 124 Å². The molecule has 0 spiro atoms. The minimum atomic E-state index is -0.00892. The van der Waals surface area contributed by atoms with Crippen LogP contribution in [0.2, 0.25) is 0 Å². The van der Waals surface area contributed by atoms with Gasteiger partial charge in [0.15, 0.2) is 0 Å². The first-order chi connectivity index (χ1) is 9.78. The molecule has 0 amide bonds. The van der Waals surface area contributed by atoms with Gasteiger partial charge in [-0.15, -0.1) is 0 Å². The predicted octanol–water partition coefficient (Wildman–Crippen LogP) is 2.25. The first kappa shape index (κ1) is 14.8. The molecule has 0 aromatic rings. The lowest BCUT2D eigenvalue weighted by Crippen LogP contribution is -2.44. The van der Waals surface area contributed by atoms with Gasteiger partial charge in [0.2, 0.25) is 0 Å². The molecule has 3 rings (SSSR count). The molecule has 20 heavy (non-hydrogen) atoms. The van der Waals surface area contributed by atoms with Crippen molar-refractivity contribution in [1.82, 2.24) is 10.2 Å². The average molecular weight is 280 g/mol. The van der Waals surface area contributed by atoms with Crippen LogP contribution in [0.15, 0.2) is 0 Å². The van der Waals surface area contributed by atoms with Crippen LogP contribution in [0.25, 0.3) is 0 Å². The Hall–Kier alpha value is -0.120. The zero-order valence-electron chi connectivity index (χ0n) is 13.1. The molecule has 1 heterocycles. The van der Waals surface area contributed by atoms with Crippen molar-refractivity contribution in [3.05, 3.63) is 0 Å². The molecular weight excluding hydrogens is 248 g/mol. The smallest absolute Gasteiger partial charge is 0.0583 e. The maximum Gasteiger partial charge on any atom is 0.0583 e. The summed E-state index contributed by atoms with van der Waals surface area (Å²) in [5.41, 5.74) is 0. The van der Waals surface area contributed by atoms with E-state index >= 15 is 0 Å². The van der Waals surface area contributed by atoms with Crippen LogP contribution >= 0.6 is 0 Å². The largest absolute Gasteiger partial charge is 0.393 e. The molecule has 0 radical (unpaired) electrons. The highest BCUT2D eigenvalue weighted by atomic mass is 16.3. The van der Waals surface area contributed by atoms with E-state index in [4.69, 9.17) is 0 Å². The zero-order chi connectivity index (χ0) is 13.9. The van der Waals surface area contributed by atoms with E-state index in [1.165, 1.54) is 58.2 Å². The number of aliphatic hydroxyl groups excluding tert-OH is 1. The summed E-state index contributed by atoms with van der Waals surface area (Å²) in [5, 5.41) is 13.8. The molecule has 2 saturated carbocycles. The monoisotopic (exact) mass is 280 g/mol. The Balaban J connectivity index is 1.51. The summed E-state index contributed by atoms with van der Waals surface area (Å²) in [4.78, 5) is 2.66. The number of aliphatic hydroxyl groups is 1. The molecule has 3 nitrogen and oxygen atoms in total. The molecule has 5 unspecified atom stereocenters. The molecule has 0 bridgehead atoms. The second-order valence-corrected chi connectivity index (χ2v) is 7.39. The van der Waals surface area contributed by atoms with Crippen molar-refractivity contribution in [3.63, 3.8) is 0 Å². The molecule has 3 aliphatic rings. The summed E-state index contributed by atoms with van der Waals surface area (Å²) in [6.45, 7) is 7.10. The van der Waals surface area contributed by atoms with Gasteiger partial charge in [0.1, 0.15) is 0 Å². The molecule has 5 atom stereocenters. The van der Waals surface area contributed by atoms with Crippen molar-refractivity contribution < 1.29 is 5.11 Å². The van der Waals surface area contributed by atoms with E-state index in [-0.39, 0.29) is 6.10 Å². The van der Waals surface area contributed by atoms with Crippen LogP contribution < -0.4 is 5.32 Å². The lowest BCUT2D eigenvalue weighted by atomic mass is 9.84. The second kappa shape index (κ2) is 6.76. The first-order valence-electron chi connectivity index (χ1n) is 8.91. The van der Waals surface area contributed by atoms with Crippen LogP contribution in [0.1, 0.15) is 51.9 Å². The quantitative estimate of drug-likeness (QED) is 0.811. The highest BCUT2D eigenvalue weighted by molar-refractivity contribution is 4.95. The third-order valence-electron chi connectivity index (χ3n) is 5.95. The van der Waals surface area contributed by atoms with E-state index in [9.17, 15) is 5.11 Å². The highest BCUT2D eigenvalue weighted by Crippen LogP contribution is 2.39. The number of hydrogen-bond donors (Lipinski definition) is 2. The lowest BCUT2D eigenvalue weighted by Gasteiger charge is -2.35. The standard InChI is InChI=1S/C17H32N2O/c1-2-9-18-16-6-4-3-5-14(16)11-19-10-13-7-8-17(20)15(13)12-19/h13-18,20H,2-12H2,1H3. The first-order valence-corrected chi connectivity index (χ1v) is 8.91. The Bertz CT molecular complexity index is 309. The number of rotatable bonds is 5. The molecule has 0 aromatic heterocycles. The predicted molar refractivity (Wildman–Crippen MR) is 82.7 cm³/mol. The fourth-order valence-corrected chi connectivity index (χ4v) is 4.83. The van der Waals surface area contributed by atoms with Crippen molar-refractivity contribution in [2.24, 2.45) is 17.8 Å². The molecule has 2 N–H and O–H groups in total. The van der Waals surface area contributed by atoms with Gasteiger partial charge in [0.25, 0.3) is 0 Å². The van der Waals surface area contributed by atoms with E-state index in [2.05, 4.69) is 17.1 Å². The van der Waals surface area contributed by atoms with Crippen LogP contribution in [0.4, 0.5) is 0 Å². The van der Waals surface area contributed by atoms with E-state index in [1.807, 2.05) is 0 Å². The molecule has 0 aromatic carbocycles. The van der Waals surface area contributed by atoms with E-state index < -0.39 is 0 Å². The van der Waals surface area contributed by atoms with E-state index in [0.717, 1.165) is 30.8 Å². The maximum atomic E-state index is 10.1. The van der Waals surface area contributed by atoms with Crippen molar-refractivity contribution in [1.29, 1.82) is 0 Å². The van der Waals surface area contributed by atoms with Crippen LogP contribution in [0, 0.1) is 17.8 Å². The van der Waals surface area contributed by atoms with Crippen LogP contribution in [0.5, 0.6) is 0 Å². The van der Waals surface area contributed by atoms with Crippen molar-refractivity contribution in [3.8, 4) is 0 Å². The highest BCUT2D eigenvalue weighted by Gasteiger charge is 2.42. The number of nitrogens with zero attached hydrogens (tertiary/aromatic N) is 1. The molecule has 2 aliphatic carbocycles. The third-order valence-corrected chi connectivity index (χ3v) is 5.95. The summed E-state index contributed by atoms with van der Waals surface area (Å²) in [5.74, 6) is 2.21. The topological polar surface area (TPSA) is 35.5 Å². The number of likely N-dealkylation sites (tertiary alicyclic amines) is 1. The normalized spacial score (nSPS) is 42.0. The molecule has 3 fully saturated rings. The van der Waals surface area contributed by atoms with Gasteiger partial charge in [-0.05, 0) is 50.5 Å². The minimum Gasteiger partial charge on any atom is -0.393 e. The number of fused-ring (bicyclic) bond motifs is 1. The second-order valence-electron chi connectivity index (χ2n) is 7.39. The van der Waals surface area contributed by atoms with Gasteiger partial charge in [0, 0.05) is 31.6 Å². The van der Waals surface area contributed by atoms with Gasteiger partial charge in [-0.3, -0.25) is 0 Å². The molecule has 3 heteroatoms. The number of hydrogen-bond acceptors (Lipinski definition) is 3. The molecule has 1 aliphatic heterocycles. The summed E-state index contributed by atoms with van der Waals surface area (Å²) in [7, 11) is 0. The molecule has 116 valence electrons. The Morgan fingerprint density at radius 2 is 1.95 bits per heavy atom. The molecular formula is C17H32N2O. The average Bonchev–Trinajstić information content (AvgIpc) is 3.00. The Kier molecular flexibility index (Phi) is 5.00. The fraction of sp³-hybridized carbons (Fsp3) is 1.00.